The Labute approximate surface area is 335 Å². The Balaban J connectivity index is 0.000000330. The van der Waals surface area contributed by atoms with Crippen LogP contribution in [0.25, 0.3) is 0 Å². The van der Waals surface area contributed by atoms with E-state index in [1.807, 2.05) is 48.8 Å². The highest BCUT2D eigenvalue weighted by atomic mass is 16.3. The molecule has 3 aliphatic heterocycles. The third-order valence-corrected chi connectivity index (χ3v) is 9.63. The molecule has 0 saturated carbocycles. The van der Waals surface area contributed by atoms with Crippen LogP contribution in [0.5, 0.6) is 0 Å². The van der Waals surface area contributed by atoms with Gasteiger partial charge in [0.1, 0.15) is 5.82 Å². The second-order valence-electron chi connectivity index (χ2n) is 13.8. The molecule has 11 nitrogen and oxygen atoms in total. The summed E-state index contributed by atoms with van der Waals surface area (Å²) in [4.78, 5) is 17.4. The maximum absolute atomic E-state index is 8.99. The highest BCUT2D eigenvalue weighted by molar-refractivity contribution is 5.32. The van der Waals surface area contributed by atoms with Gasteiger partial charge in [-0.05, 0) is 108 Å². The Morgan fingerprint density at radius 3 is 1.73 bits per heavy atom. The van der Waals surface area contributed by atoms with Gasteiger partial charge in [0, 0.05) is 83.5 Å². The molecule has 3 fully saturated rings. The van der Waals surface area contributed by atoms with Crippen molar-refractivity contribution in [1.82, 2.24) is 40.2 Å². The fourth-order valence-electron chi connectivity index (χ4n) is 6.07. The van der Waals surface area contributed by atoms with E-state index in [0.717, 1.165) is 71.1 Å². The summed E-state index contributed by atoms with van der Waals surface area (Å²) in [5.74, 6) is 0.944. The number of rotatable bonds is 12. The molecule has 2 atom stereocenters. The molecule has 3 aromatic rings. The number of pyridine rings is 2. The van der Waals surface area contributed by atoms with Crippen molar-refractivity contribution in [3.63, 3.8) is 0 Å². The first-order valence-electron chi connectivity index (χ1n) is 21.0. The minimum Gasteiger partial charge on any atom is -0.395 e. The molecule has 0 bridgehead atoms. The van der Waals surface area contributed by atoms with Crippen molar-refractivity contribution in [2.75, 3.05) is 104 Å². The van der Waals surface area contributed by atoms with E-state index in [1.54, 1.807) is 6.20 Å². The van der Waals surface area contributed by atoms with Crippen LogP contribution < -0.4 is 16.0 Å². The van der Waals surface area contributed by atoms with Crippen molar-refractivity contribution >= 4 is 5.82 Å². The van der Waals surface area contributed by atoms with E-state index in [-0.39, 0.29) is 6.10 Å². The number of β-amino-alcohol motifs (C(OH)–C–C–N with tert-alkyl or cyclic N) is 1. The molecule has 2 aromatic heterocycles. The molecule has 0 aliphatic carbocycles. The molecule has 6 rings (SSSR count). The smallest absolute Gasteiger partial charge is 0.125 e. The van der Waals surface area contributed by atoms with Crippen molar-refractivity contribution in [3.8, 4) is 0 Å². The molecule has 3 saturated heterocycles. The van der Waals surface area contributed by atoms with Crippen LogP contribution in [-0.2, 0) is 13.1 Å². The molecule has 0 amide bonds. The van der Waals surface area contributed by atoms with E-state index in [2.05, 4.69) is 118 Å². The minimum atomic E-state index is -0.0463. The second-order valence-corrected chi connectivity index (χ2v) is 13.8. The SMILES string of the molecule is CCN1CCC(O)C1.CCN1CCCC1CO.CCN1CCN(C)CC1.CCNCc1ccccc1.CCNCc1ccncc1.CCNc1ccccn1. The summed E-state index contributed by atoms with van der Waals surface area (Å²) >= 11 is 0. The minimum absolute atomic E-state index is 0.0463. The molecule has 5 heterocycles. The number of likely N-dealkylation sites (N-methyl/N-ethyl adjacent to an activating group) is 4. The topological polar surface area (TPSA) is 115 Å². The third-order valence-electron chi connectivity index (χ3n) is 9.63. The van der Waals surface area contributed by atoms with Gasteiger partial charge in [0.15, 0.2) is 0 Å². The number of aromatic nitrogens is 2. The second kappa shape index (κ2) is 34.3. The standard InChI is InChI=1S/C9H13N.C8H12N2.C7H16N2.C7H10N2.C7H15NO.C6H13NO/c1-2-10-8-9-6-4-3-5-7-9;1-2-9-7-8-3-5-10-6-4-8;1-3-9-6-4-8(2)5-7-9;1-2-8-7-5-3-4-6-9-7;1-2-8-5-3-4-7(8)6-9;1-2-7-4-3-6(8)5-7/h3-7,10H,2,8H2,1H3;3-6,9H,2,7H2,1H3;3-7H2,1-2H3;3-6H,2H2,1H3,(H,8,9);7,9H,2-6H2,1H3;6,8H,2-5H2,1H3. The zero-order chi connectivity index (χ0) is 40.4. The number of benzene rings is 1. The Bertz CT molecular complexity index is 1170. The molecule has 55 heavy (non-hydrogen) atoms. The number of hydrogen-bond acceptors (Lipinski definition) is 11. The number of aliphatic hydroxyl groups is 2. The van der Waals surface area contributed by atoms with Gasteiger partial charge in [0.05, 0.1) is 12.7 Å². The van der Waals surface area contributed by atoms with Crippen LogP contribution in [0.2, 0.25) is 0 Å². The van der Waals surface area contributed by atoms with Gasteiger partial charge in [-0.1, -0.05) is 71.0 Å². The van der Waals surface area contributed by atoms with Gasteiger partial charge in [-0.25, -0.2) is 4.98 Å². The van der Waals surface area contributed by atoms with Crippen LogP contribution in [0.3, 0.4) is 0 Å². The number of piperazine rings is 1. The van der Waals surface area contributed by atoms with Crippen LogP contribution in [0.4, 0.5) is 5.82 Å². The quantitative estimate of drug-likeness (QED) is 0.166. The molecule has 5 N–H and O–H groups in total. The number of hydrogen-bond donors (Lipinski definition) is 5. The first kappa shape index (κ1) is 50.0. The van der Waals surface area contributed by atoms with E-state index in [1.165, 1.54) is 63.2 Å². The highest BCUT2D eigenvalue weighted by Crippen LogP contribution is 2.15. The summed E-state index contributed by atoms with van der Waals surface area (Å²) in [6.45, 7) is 29.5. The summed E-state index contributed by atoms with van der Waals surface area (Å²) in [7, 11) is 2.19. The normalized spacial score (nSPS) is 18.4. The molecule has 2 unspecified atom stereocenters. The summed E-state index contributed by atoms with van der Waals surface area (Å²) in [6, 6.07) is 20.7. The molecule has 312 valence electrons. The fraction of sp³-hybridized carbons (Fsp3) is 0.636. The molecule has 3 aliphatic rings. The van der Waals surface area contributed by atoms with E-state index < -0.39 is 0 Å². The van der Waals surface area contributed by atoms with Crippen molar-refractivity contribution in [2.45, 2.75) is 86.0 Å². The Kier molecular flexibility index (Phi) is 31.2. The van der Waals surface area contributed by atoms with Gasteiger partial charge in [-0.3, -0.25) is 9.88 Å². The molecular weight excluding hydrogens is 687 g/mol. The first-order chi connectivity index (χ1) is 26.8. The van der Waals surface area contributed by atoms with Crippen molar-refractivity contribution < 1.29 is 10.2 Å². The van der Waals surface area contributed by atoms with Crippen LogP contribution in [0, 0.1) is 0 Å². The number of likely N-dealkylation sites (tertiary alicyclic amines) is 2. The van der Waals surface area contributed by atoms with Crippen LogP contribution in [0.15, 0.2) is 79.3 Å². The first-order valence-corrected chi connectivity index (χ1v) is 21.0. The van der Waals surface area contributed by atoms with Crippen LogP contribution in [0.1, 0.15) is 71.9 Å². The van der Waals surface area contributed by atoms with Gasteiger partial charge in [0.25, 0.3) is 0 Å². The van der Waals surface area contributed by atoms with Gasteiger partial charge < -0.3 is 40.9 Å². The maximum atomic E-state index is 8.99. The summed E-state index contributed by atoms with van der Waals surface area (Å²) in [5, 5.41) is 27.4. The van der Waals surface area contributed by atoms with Crippen molar-refractivity contribution in [2.24, 2.45) is 0 Å². The van der Waals surface area contributed by atoms with E-state index >= 15 is 0 Å². The largest absolute Gasteiger partial charge is 0.395 e. The number of nitrogens with one attached hydrogen (secondary N) is 3. The van der Waals surface area contributed by atoms with E-state index in [0.29, 0.717) is 12.6 Å². The zero-order valence-electron chi connectivity index (χ0n) is 35.7. The predicted molar refractivity (Wildman–Crippen MR) is 234 cm³/mol. The Morgan fingerprint density at radius 1 is 0.655 bits per heavy atom. The average molecular weight is 766 g/mol. The van der Waals surface area contributed by atoms with E-state index in [4.69, 9.17) is 10.2 Å². The molecule has 11 heteroatoms. The molecule has 1 aromatic carbocycles. The summed E-state index contributed by atoms with van der Waals surface area (Å²) in [5.41, 5.74) is 2.64. The van der Waals surface area contributed by atoms with Gasteiger partial charge in [-0.15, -0.1) is 0 Å². The predicted octanol–water partition coefficient (Wildman–Crippen LogP) is 5.29. The third kappa shape index (κ3) is 25.7. The maximum Gasteiger partial charge on any atom is 0.125 e. The van der Waals surface area contributed by atoms with Gasteiger partial charge >= 0.3 is 0 Å². The number of nitrogens with zero attached hydrogens (tertiary/aromatic N) is 6. The van der Waals surface area contributed by atoms with Gasteiger partial charge in [0.2, 0.25) is 0 Å². The van der Waals surface area contributed by atoms with Crippen molar-refractivity contribution in [1.29, 1.82) is 0 Å². The lowest BCUT2D eigenvalue weighted by Gasteiger charge is -2.31. The Morgan fingerprint density at radius 2 is 1.27 bits per heavy atom. The highest BCUT2D eigenvalue weighted by Gasteiger charge is 2.21. The lowest BCUT2D eigenvalue weighted by molar-refractivity contribution is 0.160. The monoisotopic (exact) mass is 766 g/mol. The summed E-state index contributed by atoms with van der Waals surface area (Å²) in [6.07, 6.45) is 8.77. The van der Waals surface area contributed by atoms with E-state index in [9.17, 15) is 0 Å². The number of aliphatic hydroxyl groups excluding tert-OH is 2. The lowest BCUT2D eigenvalue weighted by atomic mass is 10.2. The van der Waals surface area contributed by atoms with Crippen molar-refractivity contribution in [3.05, 3.63) is 90.4 Å². The average Bonchev–Trinajstić information content (AvgIpc) is 3.90. The number of anilines is 1. The van der Waals surface area contributed by atoms with Crippen LogP contribution in [-0.4, -0.2) is 151 Å². The zero-order valence-corrected chi connectivity index (χ0v) is 35.7. The summed E-state index contributed by atoms with van der Waals surface area (Å²) < 4.78 is 0. The molecular formula is C44H79N9O2. The van der Waals surface area contributed by atoms with Gasteiger partial charge in [-0.2, -0.15) is 0 Å². The van der Waals surface area contributed by atoms with Crippen LogP contribution >= 0.6 is 0 Å². The molecule has 0 radical (unpaired) electrons. The lowest BCUT2D eigenvalue weighted by Crippen LogP contribution is -2.44. The molecule has 0 spiro atoms. The fourth-order valence-corrected chi connectivity index (χ4v) is 6.07. The Hall–Kier alpha value is -3.00.